The van der Waals surface area contributed by atoms with Gasteiger partial charge in [0.1, 0.15) is 12.1 Å². The van der Waals surface area contributed by atoms with Gasteiger partial charge in [-0.1, -0.05) is 4.85 Å². The van der Waals surface area contributed by atoms with Gasteiger partial charge < -0.3 is 10.9 Å². The number of anilines is 1. The van der Waals surface area contributed by atoms with E-state index in [1.165, 1.54) is 16.9 Å². The summed E-state index contributed by atoms with van der Waals surface area (Å²) in [5.41, 5.74) is 5.43. The summed E-state index contributed by atoms with van der Waals surface area (Å²) >= 11 is 0. The maximum atomic E-state index is 8.89. The van der Waals surface area contributed by atoms with Crippen LogP contribution in [0.4, 0.5) is 5.82 Å². The first-order valence-electron chi connectivity index (χ1n) is 2.65. The maximum absolute atomic E-state index is 8.89. The van der Waals surface area contributed by atoms with Gasteiger partial charge in [0.05, 0.1) is 6.20 Å². The van der Waals surface area contributed by atoms with E-state index < -0.39 is 0 Å². The molecule has 0 saturated carbocycles. The van der Waals surface area contributed by atoms with Gasteiger partial charge in [-0.05, 0) is 0 Å². The Morgan fingerprint density at radius 3 is 3.10 bits per heavy atom. The van der Waals surface area contributed by atoms with Crippen molar-refractivity contribution in [3.05, 3.63) is 12.5 Å². The third-order valence-electron chi connectivity index (χ3n) is 1.26. The van der Waals surface area contributed by atoms with Crippen LogP contribution >= 0.6 is 0 Å². The second-order valence-electron chi connectivity index (χ2n) is 1.87. The number of imidazole rings is 1. The summed E-state index contributed by atoms with van der Waals surface area (Å²) in [6.45, 7) is 0. The number of nitrogen functional groups attached to an aromatic ring is 1. The average molecular weight is 139 g/mol. The SMILES string of the molecule is Nc1cnc2n(O)ncn12. The predicted molar refractivity (Wildman–Crippen MR) is 32.6 cm³/mol. The zero-order valence-corrected chi connectivity index (χ0v) is 4.97. The molecule has 2 heterocycles. The zero-order chi connectivity index (χ0) is 7.14. The Morgan fingerprint density at radius 1 is 1.60 bits per heavy atom. The van der Waals surface area contributed by atoms with Crippen LogP contribution in [-0.4, -0.2) is 24.5 Å². The molecule has 2 aromatic rings. The van der Waals surface area contributed by atoms with Crippen molar-refractivity contribution in [2.24, 2.45) is 0 Å². The van der Waals surface area contributed by atoms with Crippen LogP contribution in [0.2, 0.25) is 0 Å². The van der Waals surface area contributed by atoms with E-state index in [0.717, 1.165) is 0 Å². The first kappa shape index (κ1) is 5.10. The first-order valence-corrected chi connectivity index (χ1v) is 2.65. The fraction of sp³-hybridized carbons (Fsp3) is 0. The lowest BCUT2D eigenvalue weighted by Gasteiger charge is -1.83. The topological polar surface area (TPSA) is 81.4 Å². The highest BCUT2D eigenvalue weighted by atomic mass is 16.5. The van der Waals surface area contributed by atoms with Crippen LogP contribution < -0.4 is 5.73 Å². The monoisotopic (exact) mass is 139 g/mol. The van der Waals surface area contributed by atoms with Crippen molar-refractivity contribution >= 4 is 11.6 Å². The lowest BCUT2D eigenvalue weighted by atomic mass is 10.8. The molecular formula is C4H5N5O. The summed E-state index contributed by atoms with van der Waals surface area (Å²) < 4.78 is 1.47. The van der Waals surface area contributed by atoms with Crippen molar-refractivity contribution in [2.45, 2.75) is 0 Å². The maximum Gasteiger partial charge on any atom is 0.271 e. The molecule has 0 bridgehead atoms. The molecule has 52 valence electrons. The van der Waals surface area contributed by atoms with Crippen LogP contribution in [0.25, 0.3) is 5.78 Å². The number of hydrogen-bond acceptors (Lipinski definition) is 4. The second kappa shape index (κ2) is 1.41. The fourth-order valence-corrected chi connectivity index (χ4v) is 0.782. The van der Waals surface area contributed by atoms with E-state index >= 15 is 0 Å². The van der Waals surface area contributed by atoms with Gasteiger partial charge in [-0.25, -0.2) is 9.38 Å². The summed E-state index contributed by atoms with van der Waals surface area (Å²) in [6.07, 6.45) is 2.83. The Morgan fingerprint density at radius 2 is 2.40 bits per heavy atom. The Kier molecular flexibility index (Phi) is 0.717. The van der Waals surface area contributed by atoms with E-state index in [1.54, 1.807) is 0 Å². The lowest BCUT2D eigenvalue weighted by Crippen LogP contribution is -1.92. The van der Waals surface area contributed by atoms with E-state index in [1.807, 2.05) is 0 Å². The molecule has 6 heteroatoms. The highest BCUT2D eigenvalue weighted by molar-refractivity contribution is 5.40. The zero-order valence-electron chi connectivity index (χ0n) is 4.97. The smallest absolute Gasteiger partial charge is 0.271 e. The summed E-state index contributed by atoms with van der Waals surface area (Å²) in [5.74, 6) is 0.771. The second-order valence-corrected chi connectivity index (χ2v) is 1.87. The molecule has 0 aliphatic rings. The van der Waals surface area contributed by atoms with Crippen LogP contribution in [0.3, 0.4) is 0 Å². The predicted octanol–water partition coefficient (Wildman–Crippen LogP) is -0.650. The molecule has 6 nitrogen and oxygen atoms in total. The summed E-state index contributed by atoms with van der Waals surface area (Å²) in [4.78, 5) is 4.43. The van der Waals surface area contributed by atoms with E-state index in [4.69, 9.17) is 10.9 Å². The quantitative estimate of drug-likeness (QED) is 0.475. The number of nitrogens with two attached hydrogens (primary N) is 1. The molecule has 0 saturated heterocycles. The summed E-state index contributed by atoms with van der Waals surface area (Å²) in [5, 5.41) is 12.4. The van der Waals surface area contributed by atoms with Gasteiger partial charge in [0.15, 0.2) is 0 Å². The van der Waals surface area contributed by atoms with Gasteiger partial charge in [-0.2, -0.15) is 0 Å². The number of aromatic nitrogens is 4. The molecule has 0 amide bonds. The van der Waals surface area contributed by atoms with E-state index in [0.29, 0.717) is 16.4 Å². The van der Waals surface area contributed by atoms with Crippen molar-refractivity contribution in [3.63, 3.8) is 0 Å². The van der Waals surface area contributed by atoms with E-state index in [2.05, 4.69) is 10.1 Å². The van der Waals surface area contributed by atoms with Crippen molar-refractivity contribution in [2.75, 3.05) is 5.73 Å². The lowest BCUT2D eigenvalue weighted by molar-refractivity contribution is 0.159. The van der Waals surface area contributed by atoms with Crippen molar-refractivity contribution in [3.8, 4) is 0 Å². The van der Waals surface area contributed by atoms with Gasteiger partial charge in [-0.15, -0.1) is 5.10 Å². The Labute approximate surface area is 55.5 Å². The Hall–Kier alpha value is -1.72. The fourth-order valence-electron chi connectivity index (χ4n) is 0.782. The molecule has 2 aromatic heterocycles. The molecule has 0 spiro atoms. The molecular weight excluding hydrogens is 134 g/mol. The van der Waals surface area contributed by atoms with Gasteiger partial charge in [-0.3, -0.25) is 0 Å². The largest absolute Gasteiger partial charge is 0.409 e. The molecule has 0 aromatic carbocycles. The molecule has 0 radical (unpaired) electrons. The third kappa shape index (κ3) is 0.426. The molecule has 0 unspecified atom stereocenters. The van der Waals surface area contributed by atoms with Crippen molar-refractivity contribution in [1.29, 1.82) is 0 Å². The average Bonchev–Trinajstić information content (AvgIpc) is 2.41. The molecule has 0 aliphatic carbocycles. The minimum Gasteiger partial charge on any atom is -0.409 e. The third-order valence-corrected chi connectivity index (χ3v) is 1.26. The van der Waals surface area contributed by atoms with Gasteiger partial charge in [0, 0.05) is 0 Å². The molecule has 0 atom stereocenters. The molecule has 10 heavy (non-hydrogen) atoms. The van der Waals surface area contributed by atoms with Crippen LogP contribution in [-0.2, 0) is 0 Å². The van der Waals surface area contributed by atoms with Gasteiger partial charge in [0.25, 0.3) is 5.78 Å². The minimum atomic E-state index is 0.317. The Bertz CT molecular complexity index is 324. The van der Waals surface area contributed by atoms with Crippen molar-refractivity contribution in [1.82, 2.24) is 19.3 Å². The van der Waals surface area contributed by atoms with Crippen LogP contribution in [0.15, 0.2) is 12.5 Å². The van der Waals surface area contributed by atoms with Crippen molar-refractivity contribution < 1.29 is 5.21 Å². The van der Waals surface area contributed by atoms with Gasteiger partial charge in [0.2, 0.25) is 0 Å². The van der Waals surface area contributed by atoms with Crippen LogP contribution in [0.1, 0.15) is 0 Å². The molecule has 3 N–H and O–H groups in total. The first-order chi connectivity index (χ1) is 4.79. The van der Waals surface area contributed by atoms with Crippen LogP contribution in [0.5, 0.6) is 0 Å². The van der Waals surface area contributed by atoms with Gasteiger partial charge >= 0.3 is 0 Å². The minimum absolute atomic E-state index is 0.317. The number of hydrogen-bond donors (Lipinski definition) is 2. The molecule has 0 aliphatic heterocycles. The van der Waals surface area contributed by atoms with E-state index in [-0.39, 0.29) is 0 Å². The van der Waals surface area contributed by atoms with E-state index in [9.17, 15) is 0 Å². The number of rotatable bonds is 0. The van der Waals surface area contributed by atoms with Crippen LogP contribution in [0, 0.1) is 0 Å². The molecule has 2 rings (SSSR count). The normalized spacial score (nSPS) is 10.8. The molecule has 0 fully saturated rings. The Balaban J connectivity index is 2.95. The number of nitrogens with zero attached hydrogens (tertiary/aromatic N) is 4. The summed E-state index contributed by atoms with van der Waals surface area (Å²) in [6, 6.07) is 0. The highest BCUT2D eigenvalue weighted by Crippen LogP contribution is 2.04. The summed E-state index contributed by atoms with van der Waals surface area (Å²) in [7, 11) is 0. The standard InChI is InChI=1S/C4H5N5O/c5-3-1-6-4-8(3)2-7-9(4)10/h1-2,10H,5H2. The number of fused-ring (bicyclic) bond motifs is 1. The highest BCUT2D eigenvalue weighted by Gasteiger charge is 2.03.